The Morgan fingerprint density at radius 3 is 1.13 bits per heavy atom. The van der Waals surface area contributed by atoms with Crippen LogP contribution in [0.3, 0.4) is 0 Å². The van der Waals surface area contributed by atoms with Crippen LogP contribution in [-0.2, 0) is 77.0 Å². The van der Waals surface area contributed by atoms with Crippen molar-refractivity contribution in [1.82, 2.24) is 59.8 Å². The molecule has 0 spiro atoms. The summed E-state index contributed by atoms with van der Waals surface area (Å²) in [5, 5.41) is 0. The minimum Gasteiger partial charge on any atom is -0.245 e. The summed E-state index contributed by atoms with van der Waals surface area (Å²) in [4.78, 5) is 52.2. The molecule has 6 heterocycles. The van der Waals surface area contributed by atoms with Gasteiger partial charge in [-0.05, 0) is 215 Å². The molecule has 0 fully saturated rings. The lowest BCUT2D eigenvalue weighted by Crippen LogP contribution is -2.05. The molecule has 0 amide bonds. The molecule has 0 atom stereocenters. The molecule has 0 aliphatic rings. The number of nitrogens with zero attached hydrogens (tertiary/aromatic N) is 12. The molecule has 6 rings (SSSR count). The van der Waals surface area contributed by atoms with Gasteiger partial charge in [-0.25, -0.2) is 59.8 Å². The van der Waals surface area contributed by atoms with E-state index >= 15 is 0 Å². The van der Waals surface area contributed by atoms with Crippen LogP contribution in [0.5, 0.6) is 0 Å². The molecule has 0 unspecified atom stereocenters. The minimum atomic E-state index is 0.631. The van der Waals surface area contributed by atoms with Gasteiger partial charge in [0, 0.05) is 91.1 Å². The third-order valence-corrected chi connectivity index (χ3v) is 15.1. The number of hydrogen-bond donors (Lipinski definition) is 0. The van der Waals surface area contributed by atoms with Crippen molar-refractivity contribution in [2.75, 3.05) is 0 Å². The third kappa shape index (κ3) is 46.5. The summed E-state index contributed by atoms with van der Waals surface area (Å²) in [5.74, 6) is 11.5. The second kappa shape index (κ2) is 50.0. The van der Waals surface area contributed by atoms with E-state index in [-0.39, 0.29) is 0 Å². The first-order valence-corrected chi connectivity index (χ1v) is 36.2. The van der Waals surface area contributed by atoms with Gasteiger partial charge in [-0.15, -0.1) is 0 Å². The molecule has 0 N–H and O–H groups in total. The fraction of sp³-hybridized carbons (Fsp3) is 0.700. The predicted octanol–water partition coefficient (Wildman–Crippen LogP) is 20.4. The highest BCUT2D eigenvalue weighted by molar-refractivity contribution is 5.18. The molecule has 6 aromatic heterocycles. The summed E-state index contributed by atoms with van der Waals surface area (Å²) in [5.41, 5.74) is 11.2. The van der Waals surface area contributed by atoms with Gasteiger partial charge in [0.15, 0.2) is 0 Å². The van der Waals surface area contributed by atoms with Crippen molar-refractivity contribution in [2.45, 2.75) is 295 Å². The maximum absolute atomic E-state index is 4.61. The minimum absolute atomic E-state index is 0.631. The van der Waals surface area contributed by atoms with E-state index in [2.05, 4.69) is 232 Å². The Morgan fingerprint density at radius 1 is 0.261 bits per heavy atom. The van der Waals surface area contributed by atoms with Crippen LogP contribution in [-0.4, -0.2) is 59.8 Å². The van der Waals surface area contributed by atoms with Crippen molar-refractivity contribution < 1.29 is 0 Å². The molecule has 0 aliphatic carbocycles. The number of aryl methyl sites for hydroxylation is 8. The summed E-state index contributed by atoms with van der Waals surface area (Å²) >= 11 is 0. The van der Waals surface area contributed by atoms with Crippen LogP contribution in [0, 0.1) is 71.0 Å². The van der Waals surface area contributed by atoms with E-state index in [1.165, 1.54) is 102 Å². The maximum atomic E-state index is 4.61. The van der Waals surface area contributed by atoms with Gasteiger partial charge in [-0.1, -0.05) is 166 Å². The Hall–Kier alpha value is -5.52. The van der Waals surface area contributed by atoms with Gasteiger partial charge in [0.2, 0.25) is 0 Å². The first-order valence-electron chi connectivity index (χ1n) is 36.2. The molecular formula is C80H136N12. The van der Waals surface area contributed by atoms with Gasteiger partial charge in [-0.2, -0.15) is 0 Å². The highest BCUT2D eigenvalue weighted by Gasteiger charge is 2.11. The van der Waals surface area contributed by atoms with Crippen molar-refractivity contribution >= 4 is 0 Å². The molecule has 516 valence electrons. The van der Waals surface area contributed by atoms with Crippen LogP contribution in [0.25, 0.3) is 0 Å². The lowest BCUT2D eigenvalue weighted by molar-refractivity contribution is 0.564. The summed E-state index contributed by atoms with van der Waals surface area (Å²) in [6.45, 7) is 53.7. The zero-order chi connectivity index (χ0) is 69.0. The molecule has 12 nitrogen and oxygen atoms in total. The van der Waals surface area contributed by atoms with Gasteiger partial charge in [-0.3, -0.25) is 0 Å². The molecule has 0 radical (unpaired) electrons. The molecule has 6 aromatic rings. The molecule has 0 saturated heterocycles. The van der Waals surface area contributed by atoms with Crippen LogP contribution in [0.2, 0.25) is 0 Å². The average Bonchev–Trinajstić information content (AvgIpc) is 1.67. The SMILES string of the molecule is CC(C)CCc1cc(CCC(C)C)ncn1.CC(C)CCc1ccnc(CCC(C)C)n1.CC(C)CCc1cnc(CCC(C)C)nc1.CC(C)CCc1cncnc1CCC(C)C.CC(C)Cc1cnc(CC(C)C)nc1.CC(C)Cc1cncnc1CC(C)C. The van der Waals surface area contributed by atoms with Crippen molar-refractivity contribution in [3.05, 3.63) is 143 Å². The molecular weight excluding hydrogens is 1130 g/mol. The van der Waals surface area contributed by atoms with Crippen LogP contribution >= 0.6 is 0 Å². The topological polar surface area (TPSA) is 155 Å². The van der Waals surface area contributed by atoms with Gasteiger partial charge in [0.1, 0.15) is 36.5 Å². The third-order valence-electron chi connectivity index (χ3n) is 15.1. The normalized spacial score (nSPS) is 11.3. The molecule has 92 heavy (non-hydrogen) atoms. The Morgan fingerprint density at radius 2 is 0.652 bits per heavy atom. The lowest BCUT2D eigenvalue weighted by atomic mass is 9.98. The second-order valence-electron chi connectivity index (χ2n) is 30.8. The van der Waals surface area contributed by atoms with Crippen LogP contribution < -0.4 is 0 Å². The Kier molecular flexibility index (Phi) is 45.9. The molecule has 0 saturated carbocycles. The summed E-state index contributed by atoms with van der Waals surface area (Å²) in [6.07, 6.45) is 41.2. The standard InChI is InChI=1S/4C14H24N2.2C12H20N2/c1-11(2)5-7-13-9-15-10-16-14(13)8-6-12(3)4;1-11(2)5-7-13-9-14(16-10-15-13)8-6-12(3)4;1-11(2)5-7-13-9-15-14(16-10-13)8-6-12(3)4;1-11(2)5-7-13-9-10-15-14(16-13)8-6-12(3)4;1-9(2)5-11-7-13-8-14-12(11)6-10(3)4;1-9(2)5-11-7-13-12(14-8-11)6-10(3)4/h4*9-12H,5-8H2,1-4H3;2*7-10H,5-6H2,1-4H3. The van der Waals surface area contributed by atoms with Crippen LogP contribution in [0.4, 0.5) is 0 Å². The zero-order valence-corrected chi connectivity index (χ0v) is 63.4. The van der Waals surface area contributed by atoms with Gasteiger partial charge in [0.25, 0.3) is 0 Å². The van der Waals surface area contributed by atoms with Crippen molar-refractivity contribution in [3.63, 3.8) is 0 Å². The van der Waals surface area contributed by atoms with Gasteiger partial charge >= 0.3 is 0 Å². The average molecular weight is 1270 g/mol. The molecule has 0 aromatic carbocycles. The van der Waals surface area contributed by atoms with Gasteiger partial charge < -0.3 is 0 Å². The molecule has 12 heteroatoms. The summed E-state index contributed by atoms with van der Waals surface area (Å²) in [7, 11) is 0. The first kappa shape index (κ1) is 84.5. The van der Waals surface area contributed by atoms with Crippen LogP contribution in [0.15, 0.2) is 74.5 Å². The highest BCUT2D eigenvalue weighted by atomic mass is 14.9. The van der Waals surface area contributed by atoms with E-state index in [1.54, 1.807) is 19.0 Å². The zero-order valence-electron chi connectivity index (χ0n) is 63.4. The van der Waals surface area contributed by atoms with E-state index in [9.17, 15) is 0 Å². The maximum Gasteiger partial charge on any atom is 0.128 e. The van der Waals surface area contributed by atoms with E-state index in [0.29, 0.717) is 23.7 Å². The van der Waals surface area contributed by atoms with E-state index < -0.39 is 0 Å². The van der Waals surface area contributed by atoms with Crippen molar-refractivity contribution in [3.8, 4) is 0 Å². The fourth-order valence-corrected chi connectivity index (χ4v) is 9.34. The number of rotatable bonds is 32. The fourth-order valence-electron chi connectivity index (χ4n) is 9.34. The molecule has 0 aliphatic heterocycles. The summed E-state index contributed by atoms with van der Waals surface area (Å²) < 4.78 is 0. The second-order valence-corrected chi connectivity index (χ2v) is 30.8. The Labute approximate surface area is 565 Å². The van der Waals surface area contributed by atoms with E-state index in [4.69, 9.17) is 0 Å². The first-order chi connectivity index (χ1) is 43.5. The number of aromatic nitrogens is 12. The van der Waals surface area contributed by atoms with E-state index in [0.717, 1.165) is 142 Å². The monoisotopic (exact) mass is 1270 g/mol. The van der Waals surface area contributed by atoms with E-state index in [1.807, 2.05) is 49.4 Å². The summed E-state index contributed by atoms with van der Waals surface area (Å²) in [6, 6.07) is 4.21. The Bertz CT molecular complexity index is 2470. The van der Waals surface area contributed by atoms with Crippen LogP contribution in [0.1, 0.15) is 286 Å². The van der Waals surface area contributed by atoms with Gasteiger partial charge in [0.05, 0.1) is 0 Å². The Balaban J connectivity index is 0.000000552. The lowest BCUT2D eigenvalue weighted by Gasteiger charge is -2.11. The van der Waals surface area contributed by atoms with Crippen molar-refractivity contribution in [2.24, 2.45) is 71.0 Å². The predicted molar refractivity (Wildman–Crippen MR) is 392 cm³/mol. The van der Waals surface area contributed by atoms with Crippen molar-refractivity contribution in [1.29, 1.82) is 0 Å². The smallest absolute Gasteiger partial charge is 0.128 e. The largest absolute Gasteiger partial charge is 0.245 e. The highest BCUT2D eigenvalue weighted by Crippen LogP contribution is 2.18. The molecule has 0 bridgehead atoms. The quantitative estimate of drug-likeness (QED) is 0.0395. The number of hydrogen-bond acceptors (Lipinski definition) is 12.